The highest BCUT2D eigenvalue weighted by Gasteiger charge is 2.05. The number of hydrogen-bond acceptors (Lipinski definition) is 3. The van der Waals surface area contributed by atoms with Gasteiger partial charge in [-0.1, -0.05) is 6.07 Å². The van der Waals surface area contributed by atoms with Gasteiger partial charge in [-0.15, -0.1) is 11.6 Å². The quantitative estimate of drug-likeness (QED) is 0.491. The predicted octanol–water partition coefficient (Wildman–Crippen LogP) is 1.72. The van der Waals surface area contributed by atoms with Crippen LogP contribution in [0.5, 0.6) is 0 Å². The molecule has 104 valence electrons. The van der Waals surface area contributed by atoms with Crippen LogP contribution in [0.15, 0.2) is 23.2 Å². The van der Waals surface area contributed by atoms with Gasteiger partial charge in [0.15, 0.2) is 0 Å². The highest BCUT2D eigenvalue weighted by Crippen LogP contribution is 2.23. The Morgan fingerprint density at radius 1 is 1.47 bits per heavy atom. The number of aryl methyl sites for hydroxylation is 1. The summed E-state index contributed by atoms with van der Waals surface area (Å²) in [6.45, 7) is 2.25. The van der Waals surface area contributed by atoms with Crippen molar-refractivity contribution in [2.24, 2.45) is 10.7 Å². The van der Waals surface area contributed by atoms with Crippen molar-refractivity contribution >= 4 is 34.7 Å². The van der Waals surface area contributed by atoms with Crippen molar-refractivity contribution in [1.82, 2.24) is 4.90 Å². The Morgan fingerprint density at radius 3 is 2.74 bits per heavy atom. The Morgan fingerprint density at radius 2 is 2.16 bits per heavy atom. The van der Waals surface area contributed by atoms with E-state index in [4.69, 9.17) is 17.3 Å². The Balaban J connectivity index is 2.87. The van der Waals surface area contributed by atoms with Crippen LogP contribution in [0.3, 0.4) is 0 Å². The van der Waals surface area contributed by atoms with Crippen LogP contribution in [0.4, 0.5) is 11.4 Å². The van der Waals surface area contributed by atoms with Gasteiger partial charge in [-0.25, -0.2) is 4.99 Å². The lowest BCUT2D eigenvalue weighted by Crippen LogP contribution is -2.27. The summed E-state index contributed by atoms with van der Waals surface area (Å²) in [6.07, 6.45) is 0. The topological polar surface area (TPSA) is 70.7 Å². The first-order chi connectivity index (χ1) is 8.92. The summed E-state index contributed by atoms with van der Waals surface area (Å²) in [7, 11) is 3.68. The Hall–Kier alpha value is -1.59. The van der Waals surface area contributed by atoms with Gasteiger partial charge in [0.1, 0.15) is 5.84 Å². The summed E-state index contributed by atoms with van der Waals surface area (Å²) in [6, 6.07) is 5.49. The minimum atomic E-state index is -0.0749. The summed E-state index contributed by atoms with van der Waals surface area (Å²) >= 11 is 5.60. The van der Waals surface area contributed by atoms with Crippen LogP contribution in [0, 0.1) is 6.92 Å². The van der Waals surface area contributed by atoms with Gasteiger partial charge >= 0.3 is 0 Å². The normalized spacial score (nSPS) is 11.7. The van der Waals surface area contributed by atoms with E-state index in [0.29, 0.717) is 23.8 Å². The Bertz CT molecular complexity index is 486. The molecule has 0 aliphatic heterocycles. The van der Waals surface area contributed by atoms with Crippen LogP contribution < -0.4 is 11.1 Å². The number of anilines is 1. The third kappa shape index (κ3) is 5.28. The molecule has 1 amide bonds. The lowest BCUT2D eigenvalue weighted by Gasteiger charge is -2.11. The van der Waals surface area contributed by atoms with Crippen LogP contribution in [-0.2, 0) is 4.79 Å². The molecule has 0 aliphatic rings. The molecular formula is C13H19ClN4O. The van der Waals surface area contributed by atoms with Gasteiger partial charge in [0.2, 0.25) is 5.91 Å². The van der Waals surface area contributed by atoms with Gasteiger partial charge in [-0.3, -0.25) is 4.79 Å². The standard InChI is InChI=1S/C13H19ClN4O/c1-9-4-5-10(16-13(19)8-18(2)3)6-11(9)17-12(15)7-14/h4-6H,7-8H2,1-3H3,(H2,15,17)(H,16,19). The molecule has 0 fully saturated rings. The number of amides is 1. The second-order valence-corrected chi connectivity index (χ2v) is 4.79. The predicted molar refractivity (Wildman–Crippen MR) is 80.4 cm³/mol. The molecule has 3 N–H and O–H groups in total. The average molecular weight is 283 g/mol. The number of benzene rings is 1. The molecule has 0 saturated heterocycles. The molecule has 19 heavy (non-hydrogen) atoms. The minimum absolute atomic E-state index is 0.0749. The highest BCUT2D eigenvalue weighted by atomic mass is 35.5. The van der Waals surface area contributed by atoms with Crippen molar-refractivity contribution in [3.05, 3.63) is 23.8 Å². The summed E-state index contributed by atoms with van der Waals surface area (Å²) in [5, 5.41) is 2.81. The Labute approximate surface area is 118 Å². The summed E-state index contributed by atoms with van der Waals surface area (Å²) in [5.41, 5.74) is 7.99. The van der Waals surface area contributed by atoms with E-state index in [0.717, 1.165) is 5.56 Å². The lowest BCUT2D eigenvalue weighted by atomic mass is 10.2. The molecule has 0 aromatic heterocycles. The minimum Gasteiger partial charge on any atom is -0.386 e. The van der Waals surface area contributed by atoms with E-state index in [9.17, 15) is 4.79 Å². The van der Waals surface area contributed by atoms with Crippen molar-refractivity contribution in [3.8, 4) is 0 Å². The number of carbonyl (C=O) groups excluding carboxylic acids is 1. The fraction of sp³-hybridized carbons (Fsp3) is 0.385. The zero-order valence-electron chi connectivity index (χ0n) is 11.4. The molecule has 0 spiro atoms. The van der Waals surface area contributed by atoms with Gasteiger partial charge < -0.3 is 16.0 Å². The summed E-state index contributed by atoms with van der Waals surface area (Å²) < 4.78 is 0. The second kappa shape index (κ2) is 7.11. The lowest BCUT2D eigenvalue weighted by molar-refractivity contribution is -0.116. The first-order valence-electron chi connectivity index (χ1n) is 5.86. The van der Waals surface area contributed by atoms with E-state index in [1.54, 1.807) is 11.0 Å². The SMILES string of the molecule is Cc1ccc(NC(=O)CN(C)C)cc1N=C(N)CCl. The molecule has 1 rings (SSSR count). The van der Waals surface area contributed by atoms with E-state index in [-0.39, 0.29) is 11.8 Å². The van der Waals surface area contributed by atoms with Crippen LogP contribution in [0.1, 0.15) is 5.56 Å². The van der Waals surface area contributed by atoms with E-state index < -0.39 is 0 Å². The number of halogens is 1. The summed E-state index contributed by atoms with van der Waals surface area (Å²) in [5.74, 6) is 0.451. The van der Waals surface area contributed by atoms with Gasteiger partial charge in [0.05, 0.1) is 18.1 Å². The van der Waals surface area contributed by atoms with E-state index in [2.05, 4.69) is 10.3 Å². The molecule has 5 nitrogen and oxygen atoms in total. The van der Waals surface area contributed by atoms with E-state index in [1.165, 1.54) is 0 Å². The van der Waals surface area contributed by atoms with Crippen LogP contribution >= 0.6 is 11.6 Å². The van der Waals surface area contributed by atoms with Gasteiger partial charge in [0, 0.05) is 5.69 Å². The number of carbonyl (C=O) groups is 1. The van der Waals surface area contributed by atoms with E-state index in [1.807, 2.05) is 33.2 Å². The number of alkyl halides is 1. The molecule has 1 aromatic rings. The summed E-state index contributed by atoms with van der Waals surface area (Å²) in [4.78, 5) is 17.7. The molecule has 0 aliphatic carbocycles. The third-order valence-electron chi connectivity index (χ3n) is 2.35. The van der Waals surface area contributed by atoms with Gasteiger partial charge in [0.25, 0.3) is 0 Å². The molecule has 0 radical (unpaired) electrons. The highest BCUT2D eigenvalue weighted by molar-refractivity contribution is 6.28. The van der Waals surface area contributed by atoms with Crippen molar-refractivity contribution in [1.29, 1.82) is 0 Å². The van der Waals surface area contributed by atoms with Gasteiger partial charge in [-0.05, 0) is 38.7 Å². The number of aliphatic imine (C=N–C) groups is 1. The van der Waals surface area contributed by atoms with E-state index >= 15 is 0 Å². The second-order valence-electron chi connectivity index (χ2n) is 4.52. The number of likely N-dealkylation sites (N-methyl/N-ethyl adjacent to an activating group) is 1. The average Bonchev–Trinajstić information content (AvgIpc) is 2.32. The zero-order chi connectivity index (χ0) is 14.4. The van der Waals surface area contributed by atoms with Crippen molar-refractivity contribution in [2.75, 3.05) is 31.8 Å². The zero-order valence-corrected chi connectivity index (χ0v) is 12.2. The number of nitrogens with two attached hydrogens (primary N) is 1. The largest absolute Gasteiger partial charge is 0.386 e. The van der Waals surface area contributed by atoms with Crippen molar-refractivity contribution < 1.29 is 4.79 Å². The third-order valence-corrected chi connectivity index (χ3v) is 2.63. The maximum Gasteiger partial charge on any atom is 0.238 e. The monoisotopic (exact) mass is 282 g/mol. The molecule has 0 unspecified atom stereocenters. The number of hydrogen-bond donors (Lipinski definition) is 2. The Kier molecular flexibility index (Phi) is 5.79. The van der Waals surface area contributed by atoms with Gasteiger partial charge in [-0.2, -0.15) is 0 Å². The maximum atomic E-state index is 11.7. The van der Waals surface area contributed by atoms with Crippen LogP contribution in [0.25, 0.3) is 0 Å². The molecule has 0 saturated carbocycles. The number of rotatable bonds is 5. The smallest absolute Gasteiger partial charge is 0.238 e. The fourth-order valence-corrected chi connectivity index (χ4v) is 1.54. The molecule has 6 heteroatoms. The first kappa shape index (κ1) is 15.5. The fourth-order valence-electron chi connectivity index (χ4n) is 1.48. The number of nitrogens with one attached hydrogen (secondary N) is 1. The molecular weight excluding hydrogens is 264 g/mol. The van der Waals surface area contributed by atoms with Crippen LogP contribution in [-0.4, -0.2) is 43.2 Å². The van der Waals surface area contributed by atoms with Crippen molar-refractivity contribution in [3.63, 3.8) is 0 Å². The molecule has 0 heterocycles. The van der Waals surface area contributed by atoms with Crippen LogP contribution in [0.2, 0.25) is 0 Å². The molecule has 1 aromatic carbocycles. The first-order valence-corrected chi connectivity index (χ1v) is 6.40. The number of amidine groups is 1. The molecule has 0 bridgehead atoms. The molecule has 0 atom stereocenters. The maximum absolute atomic E-state index is 11.7. The van der Waals surface area contributed by atoms with Crippen molar-refractivity contribution in [2.45, 2.75) is 6.92 Å². The number of nitrogens with zero attached hydrogens (tertiary/aromatic N) is 2.